The molecule has 4 rings (SSSR count). The summed E-state index contributed by atoms with van der Waals surface area (Å²) in [6.07, 6.45) is 3.26. The molecule has 1 atom stereocenters. The molecule has 0 spiro atoms. The number of carbonyl (C=O) groups excluding carboxylic acids is 2. The van der Waals surface area contributed by atoms with E-state index in [1.165, 1.54) is 4.90 Å². The Balaban J connectivity index is 1.74. The molecule has 1 saturated carbocycles. The molecule has 30 heavy (non-hydrogen) atoms. The van der Waals surface area contributed by atoms with Gasteiger partial charge in [-0.1, -0.05) is 18.2 Å². The van der Waals surface area contributed by atoms with Gasteiger partial charge in [0.2, 0.25) is 5.91 Å². The van der Waals surface area contributed by atoms with Crippen molar-refractivity contribution in [1.82, 2.24) is 9.97 Å². The minimum absolute atomic E-state index is 0.0608. The zero-order chi connectivity index (χ0) is 21.4. The lowest BCUT2D eigenvalue weighted by atomic mass is 10.1. The molecule has 0 bridgehead atoms. The Morgan fingerprint density at radius 2 is 1.97 bits per heavy atom. The van der Waals surface area contributed by atoms with E-state index in [4.69, 9.17) is 11.5 Å². The fourth-order valence-corrected chi connectivity index (χ4v) is 3.57. The van der Waals surface area contributed by atoms with Crippen molar-refractivity contribution in [3.63, 3.8) is 0 Å². The van der Waals surface area contributed by atoms with Gasteiger partial charge in [0, 0.05) is 12.4 Å². The predicted octanol–water partition coefficient (Wildman–Crippen LogP) is 2.31. The SMILES string of the molecule is CN(c1nc(Nc2cnc3ccccc3c2)c(C(N)=O)cc1F)C(C(N)=O)C1CC1. The Morgan fingerprint density at radius 3 is 2.63 bits per heavy atom. The number of hydrogen-bond donors (Lipinski definition) is 3. The van der Waals surface area contributed by atoms with Gasteiger partial charge >= 0.3 is 0 Å². The average Bonchev–Trinajstić information content (AvgIpc) is 3.53. The van der Waals surface area contributed by atoms with Crippen molar-refractivity contribution in [2.24, 2.45) is 17.4 Å². The van der Waals surface area contributed by atoms with E-state index in [0.717, 1.165) is 29.8 Å². The molecular weight excluding hydrogens is 387 g/mol. The Bertz CT molecular complexity index is 1150. The summed E-state index contributed by atoms with van der Waals surface area (Å²) in [7, 11) is 1.56. The monoisotopic (exact) mass is 408 g/mol. The number of amides is 2. The molecule has 1 aliphatic carbocycles. The van der Waals surface area contributed by atoms with Gasteiger partial charge in [0.1, 0.15) is 11.9 Å². The van der Waals surface area contributed by atoms with E-state index in [2.05, 4.69) is 15.3 Å². The number of hydrogen-bond acceptors (Lipinski definition) is 6. The first kappa shape index (κ1) is 19.6. The second-order valence-corrected chi connectivity index (χ2v) is 7.39. The highest BCUT2D eigenvalue weighted by atomic mass is 19.1. The van der Waals surface area contributed by atoms with Gasteiger partial charge < -0.3 is 21.7 Å². The van der Waals surface area contributed by atoms with E-state index in [-0.39, 0.29) is 23.1 Å². The molecule has 1 aliphatic rings. The fourth-order valence-electron chi connectivity index (χ4n) is 3.57. The molecule has 1 fully saturated rings. The van der Waals surface area contributed by atoms with E-state index in [1.54, 1.807) is 13.2 Å². The predicted molar refractivity (Wildman–Crippen MR) is 112 cm³/mol. The van der Waals surface area contributed by atoms with E-state index >= 15 is 0 Å². The molecule has 5 N–H and O–H groups in total. The largest absolute Gasteiger partial charge is 0.368 e. The number of halogens is 1. The maximum absolute atomic E-state index is 14.8. The van der Waals surface area contributed by atoms with Gasteiger partial charge in [-0.3, -0.25) is 14.6 Å². The Morgan fingerprint density at radius 1 is 1.23 bits per heavy atom. The van der Waals surface area contributed by atoms with Crippen molar-refractivity contribution < 1.29 is 14.0 Å². The molecule has 2 heterocycles. The number of pyridine rings is 2. The van der Waals surface area contributed by atoms with Crippen LogP contribution in [0.1, 0.15) is 23.2 Å². The lowest BCUT2D eigenvalue weighted by Gasteiger charge is -2.27. The van der Waals surface area contributed by atoms with Crippen LogP contribution in [0.5, 0.6) is 0 Å². The van der Waals surface area contributed by atoms with Gasteiger partial charge in [0.05, 0.1) is 23.0 Å². The summed E-state index contributed by atoms with van der Waals surface area (Å²) in [5, 5.41) is 3.88. The Labute approximate surface area is 172 Å². The summed E-state index contributed by atoms with van der Waals surface area (Å²) < 4.78 is 14.8. The van der Waals surface area contributed by atoms with Crippen molar-refractivity contribution >= 4 is 40.0 Å². The van der Waals surface area contributed by atoms with Crippen LogP contribution < -0.4 is 21.7 Å². The number of benzene rings is 1. The lowest BCUT2D eigenvalue weighted by molar-refractivity contribution is -0.119. The first-order chi connectivity index (χ1) is 14.3. The maximum Gasteiger partial charge on any atom is 0.252 e. The van der Waals surface area contributed by atoms with Crippen LogP contribution >= 0.6 is 0 Å². The van der Waals surface area contributed by atoms with Crippen LogP contribution in [0, 0.1) is 11.7 Å². The molecule has 1 unspecified atom stereocenters. The van der Waals surface area contributed by atoms with Crippen LogP contribution in [0.3, 0.4) is 0 Å². The van der Waals surface area contributed by atoms with Crippen molar-refractivity contribution in [1.29, 1.82) is 0 Å². The smallest absolute Gasteiger partial charge is 0.252 e. The third-order valence-corrected chi connectivity index (χ3v) is 5.19. The zero-order valence-corrected chi connectivity index (χ0v) is 16.3. The number of nitrogens with one attached hydrogen (secondary N) is 1. The number of rotatable bonds is 7. The number of fused-ring (bicyclic) bond motifs is 1. The quantitative estimate of drug-likeness (QED) is 0.551. The number of anilines is 3. The van der Waals surface area contributed by atoms with Gasteiger partial charge in [0.25, 0.3) is 5.91 Å². The average molecular weight is 408 g/mol. The molecular formula is C21H21FN6O2. The lowest BCUT2D eigenvalue weighted by Crippen LogP contribution is -2.45. The zero-order valence-electron chi connectivity index (χ0n) is 16.3. The van der Waals surface area contributed by atoms with Gasteiger partial charge in [-0.15, -0.1) is 0 Å². The first-order valence-corrected chi connectivity index (χ1v) is 9.49. The summed E-state index contributed by atoms with van der Waals surface area (Å²) >= 11 is 0. The molecule has 3 aromatic rings. The first-order valence-electron chi connectivity index (χ1n) is 9.49. The van der Waals surface area contributed by atoms with E-state index in [9.17, 15) is 14.0 Å². The van der Waals surface area contributed by atoms with Crippen LogP contribution in [-0.2, 0) is 4.79 Å². The minimum atomic E-state index is -0.833. The number of primary amides is 2. The van der Waals surface area contributed by atoms with Gasteiger partial charge in [-0.2, -0.15) is 0 Å². The van der Waals surface area contributed by atoms with Crippen molar-refractivity contribution in [3.05, 3.63) is 54.0 Å². The summed E-state index contributed by atoms with van der Waals surface area (Å²) in [6, 6.07) is 9.70. The third kappa shape index (κ3) is 3.73. The molecule has 2 aromatic heterocycles. The summed E-state index contributed by atoms with van der Waals surface area (Å²) in [5.41, 5.74) is 12.2. The van der Waals surface area contributed by atoms with E-state index in [0.29, 0.717) is 5.69 Å². The van der Waals surface area contributed by atoms with E-state index in [1.807, 2.05) is 30.3 Å². The highest BCUT2D eigenvalue weighted by Crippen LogP contribution is 2.37. The van der Waals surface area contributed by atoms with Crippen LogP contribution in [0.2, 0.25) is 0 Å². The van der Waals surface area contributed by atoms with Gasteiger partial charge in [-0.05, 0) is 37.0 Å². The number of carbonyl (C=O) groups is 2. The van der Waals surface area contributed by atoms with Crippen LogP contribution in [0.4, 0.5) is 21.7 Å². The molecule has 2 amide bonds. The molecule has 8 nitrogen and oxygen atoms in total. The third-order valence-electron chi connectivity index (χ3n) is 5.19. The summed E-state index contributed by atoms with van der Waals surface area (Å²) in [4.78, 5) is 33.9. The Hall–Kier alpha value is -3.75. The number of aromatic nitrogens is 2. The number of nitrogens with two attached hydrogens (primary N) is 2. The maximum atomic E-state index is 14.8. The molecule has 154 valence electrons. The summed E-state index contributed by atoms with van der Waals surface area (Å²) in [5.74, 6) is -2.10. The normalized spacial score (nSPS) is 14.3. The van der Waals surface area contributed by atoms with Crippen molar-refractivity contribution in [2.45, 2.75) is 18.9 Å². The van der Waals surface area contributed by atoms with Gasteiger partial charge in [0.15, 0.2) is 11.6 Å². The molecule has 0 radical (unpaired) electrons. The topological polar surface area (TPSA) is 127 Å². The van der Waals surface area contributed by atoms with E-state index < -0.39 is 23.7 Å². The van der Waals surface area contributed by atoms with Crippen molar-refractivity contribution in [3.8, 4) is 0 Å². The molecule has 0 saturated heterocycles. The second-order valence-electron chi connectivity index (χ2n) is 7.39. The van der Waals surface area contributed by atoms with Crippen molar-refractivity contribution in [2.75, 3.05) is 17.3 Å². The molecule has 0 aliphatic heterocycles. The van der Waals surface area contributed by atoms with Crippen LogP contribution in [0.25, 0.3) is 10.9 Å². The fraction of sp³-hybridized carbons (Fsp3) is 0.238. The number of para-hydroxylation sites is 1. The summed E-state index contributed by atoms with van der Waals surface area (Å²) in [6.45, 7) is 0. The number of nitrogens with zero attached hydrogens (tertiary/aromatic N) is 3. The Kier molecular flexibility index (Phi) is 4.94. The number of likely N-dealkylation sites (N-methyl/N-ethyl adjacent to an activating group) is 1. The standard InChI is InChI=1S/C21H21FN6O2/c1-28(17(19(24)30)11-6-7-11)21-15(22)9-14(18(23)29)20(27-21)26-13-8-12-4-2-3-5-16(12)25-10-13/h2-5,8-11,17H,6-7H2,1H3,(H2,23,29)(H2,24,30)(H,26,27). The molecule has 1 aromatic carbocycles. The highest BCUT2D eigenvalue weighted by Gasteiger charge is 2.39. The van der Waals surface area contributed by atoms with Crippen LogP contribution in [0.15, 0.2) is 42.6 Å². The minimum Gasteiger partial charge on any atom is -0.368 e. The van der Waals surface area contributed by atoms with Gasteiger partial charge in [-0.25, -0.2) is 9.37 Å². The van der Waals surface area contributed by atoms with Crippen LogP contribution in [-0.4, -0.2) is 34.9 Å². The highest BCUT2D eigenvalue weighted by molar-refractivity contribution is 5.99. The molecule has 9 heteroatoms. The second kappa shape index (κ2) is 7.58.